The molecule has 0 aliphatic heterocycles. The third-order valence-corrected chi connectivity index (χ3v) is 6.63. The van der Waals surface area contributed by atoms with E-state index >= 15 is 0 Å². The van der Waals surface area contributed by atoms with E-state index in [4.69, 9.17) is 0 Å². The number of nitrogens with zero attached hydrogens (tertiary/aromatic N) is 1. The SMILES string of the molecule is IC(I)=C(I)Cn1ccc(-c2ccccc2)c1. The first-order chi connectivity index (χ1) is 8.16. The van der Waals surface area contributed by atoms with Gasteiger partial charge in [0.25, 0.3) is 0 Å². The highest BCUT2D eigenvalue weighted by atomic mass is 127. The lowest BCUT2D eigenvalue weighted by atomic mass is 10.1. The van der Waals surface area contributed by atoms with Crippen molar-refractivity contribution in [1.29, 1.82) is 0 Å². The van der Waals surface area contributed by atoms with Gasteiger partial charge in [0.2, 0.25) is 0 Å². The van der Waals surface area contributed by atoms with Crippen LogP contribution in [0.25, 0.3) is 11.1 Å². The summed E-state index contributed by atoms with van der Waals surface area (Å²) < 4.78 is 4.93. The van der Waals surface area contributed by atoms with Crippen LogP contribution < -0.4 is 0 Å². The number of rotatable bonds is 3. The van der Waals surface area contributed by atoms with E-state index in [1.54, 1.807) is 0 Å². The van der Waals surface area contributed by atoms with Crippen molar-refractivity contribution in [3.63, 3.8) is 0 Å². The average molecular weight is 561 g/mol. The molecule has 17 heavy (non-hydrogen) atoms. The van der Waals surface area contributed by atoms with Crippen LogP contribution in [0.5, 0.6) is 0 Å². The van der Waals surface area contributed by atoms with E-state index in [0.717, 1.165) is 6.54 Å². The van der Waals surface area contributed by atoms with Gasteiger partial charge in [0.15, 0.2) is 0 Å². The van der Waals surface area contributed by atoms with Crippen LogP contribution in [0.1, 0.15) is 0 Å². The molecule has 0 radical (unpaired) electrons. The average Bonchev–Trinajstić information content (AvgIpc) is 2.78. The molecule has 2 rings (SSSR count). The molecule has 1 aromatic carbocycles. The topological polar surface area (TPSA) is 4.93 Å². The number of benzene rings is 1. The van der Waals surface area contributed by atoms with Crippen molar-refractivity contribution in [3.8, 4) is 11.1 Å². The summed E-state index contributed by atoms with van der Waals surface area (Å²) in [5.74, 6) is 0. The zero-order valence-electron chi connectivity index (χ0n) is 8.91. The van der Waals surface area contributed by atoms with Crippen molar-refractivity contribution in [1.82, 2.24) is 4.57 Å². The second-order valence-corrected chi connectivity index (χ2v) is 9.13. The molecular formula is C13H10I3N. The van der Waals surface area contributed by atoms with Gasteiger partial charge < -0.3 is 4.57 Å². The highest BCUT2D eigenvalue weighted by Gasteiger charge is 2.02. The number of halogens is 3. The Morgan fingerprint density at radius 3 is 2.29 bits per heavy atom. The van der Waals surface area contributed by atoms with E-state index in [-0.39, 0.29) is 0 Å². The fourth-order valence-electron chi connectivity index (χ4n) is 1.56. The first kappa shape index (κ1) is 13.9. The van der Waals surface area contributed by atoms with Crippen molar-refractivity contribution in [3.05, 3.63) is 54.0 Å². The fourth-order valence-corrected chi connectivity index (χ4v) is 2.30. The van der Waals surface area contributed by atoms with Crippen LogP contribution in [0.4, 0.5) is 0 Å². The lowest BCUT2D eigenvalue weighted by molar-refractivity contribution is 0.828. The predicted octanol–water partition coefficient (Wildman–Crippen LogP) is 5.63. The van der Waals surface area contributed by atoms with Crippen molar-refractivity contribution in [2.45, 2.75) is 6.54 Å². The summed E-state index contributed by atoms with van der Waals surface area (Å²) in [5, 5.41) is 0. The second kappa shape index (κ2) is 6.55. The van der Waals surface area contributed by atoms with Crippen molar-refractivity contribution < 1.29 is 0 Å². The Kier molecular flexibility index (Phi) is 5.34. The highest BCUT2D eigenvalue weighted by molar-refractivity contribution is 14.2. The third kappa shape index (κ3) is 3.95. The highest BCUT2D eigenvalue weighted by Crippen LogP contribution is 2.27. The number of hydrogen-bond donors (Lipinski definition) is 0. The quantitative estimate of drug-likeness (QED) is 0.429. The number of allylic oxidation sites excluding steroid dienone is 1. The van der Waals surface area contributed by atoms with Gasteiger partial charge in [-0.15, -0.1) is 0 Å². The Morgan fingerprint density at radius 1 is 0.941 bits per heavy atom. The van der Waals surface area contributed by atoms with Crippen molar-refractivity contribution in [2.24, 2.45) is 0 Å². The smallest absolute Gasteiger partial charge is 0.0625 e. The second-order valence-electron chi connectivity index (χ2n) is 3.60. The summed E-state index contributed by atoms with van der Waals surface area (Å²) in [7, 11) is 0. The van der Waals surface area contributed by atoms with Gasteiger partial charge in [-0.05, 0) is 85.0 Å². The molecule has 4 heteroatoms. The molecule has 0 fully saturated rings. The maximum atomic E-state index is 2.40. The summed E-state index contributed by atoms with van der Waals surface area (Å²) in [4.78, 5) is 0. The molecule has 2 aromatic rings. The van der Waals surface area contributed by atoms with Crippen LogP contribution in [0.3, 0.4) is 0 Å². The van der Waals surface area contributed by atoms with Gasteiger partial charge in [-0.25, -0.2) is 0 Å². The van der Waals surface area contributed by atoms with Gasteiger partial charge in [0.1, 0.15) is 0 Å². The molecule has 0 unspecified atom stereocenters. The van der Waals surface area contributed by atoms with Crippen molar-refractivity contribution in [2.75, 3.05) is 0 Å². The summed E-state index contributed by atoms with van der Waals surface area (Å²) in [6.07, 6.45) is 4.33. The minimum Gasteiger partial charge on any atom is -0.349 e. The molecule has 0 N–H and O–H groups in total. The minimum atomic E-state index is 0.953. The van der Waals surface area contributed by atoms with Gasteiger partial charge >= 0.3 is 0 Å². The Bertz CT molecular complexity index is 525. The van der Waals surface area contributed by atoms with Crippen LogP contribution in [0.15, 0.2) is 54.0 Å². The summed E-state index contributed by atoms with van der Waals surface area (Å²) in [5.41, 5.74) is 2.55. The fraction of sp³-hybridized carbons (Fsp3) is 0.0769. The molecule has 0 saturated heterocycles. The van der Waals surface area contributed by atoms with Gasteiger partial charge in [-0.3, -0.25) is 0 Å². The zero-order valence-corrected chi connectivity index (χ0v) is 15.4. The van der Waals surface area contributed by atoms with Crippen molar-refractivity contribution >= 4 is 67.8 Å². The molecular weight excluding hydrogens is 551 g/mol. The van der Waals surface area contributed by atoms with Crippen LogP contribution in [0, 0.1) is 0 Å². The van der Waals surface area contributed by atoms with Crippen LogP contribution in [-0.4, -0.2) is 4.57 Å². The normalized spacial score (nSPS) is 10.3. The van der Waals surface area contributed by atoms with Gasteiger partial charge in [0.05, 0.1) is 8.13 Å². The zero-order chi connectivity index (χ0) is 12.3. The van der Waals surface area contributed by atoms with Crippen LogP contribution in [0.2, 0.25) is 0 Å². The van der Waals surface area contributed by atoms with E-state index < -0.39 is 0 Å². The molecule has 0 aliphatic carbocycles. The Labute approximate surface area is 142 Å². The Hall–Kier alpha value is 0.430. The van der Waals surface area contributed by atoms with Crippen LogP contribution >= 0.6 is 67.8 Å². The maximum Gasteiger partial charge on any atom is 0.0625 e. The molecule has 0 saturated carbocycles. The molecule has 1 aromatic heterocycles. The largest absolute Gasteiger partial charge is 0.349 e. The standard InChI is InChI=1S/C13H10I3N/c14-12(13(15)16)9-17-7-6-11(8-17)10-4-2-1-3-5-10/h1-8H,9H2. The number of aromatic nitrogens is 1. The molecule has 1 heterocycles. The first-order valence-corrected chi connectivity index (χ1v) is 8.31. The summed E-state index contributed by atoms with van der Waals surface area (Å²) in [6, 6.07) is 12.6. The molecule has 0 atom stereocenters. The van der Waals surface area contributed by atoms with Crippen LogP contribution in [-0.2, 0) is 6.54 Å². The minimum absolute atomic E-state index is 0.953. The molecule has 0 amide bonds. The third-order valence-electron chi connectivity index (χ3n) is 2.38. The van der Waals surface area contributed by atoms with E-state index in [1.807, 2.05) is 6.07 Å². The lowest BCUT2D eigenvalue weighted by Gasteiger charge is -2.02. The molecule has 0 aliphatic rings. The summed E-state index contributed by atoms with van der Waals surface area (Å²) >= 11 is 7.12. The molecule has 88 valence electrons. The monoisotopic (exact) mass is 561 g/mol. The van der Waals surface area contributed by atoms with E-state index in [2.05, 4.69) is 115 Å². The van der Waals surface area contributed by atoms with Gasteiger partial charge in [-0.1, -0.05) is 30.3 Å². The van der Waals surface area contributed by atoms with E-state index in [0.29, 0.717) is 0 Å². The Balaban J connectivity index is 2.20. The summed E-state index contributed by atoms with van der Waals surface area (Å²) in [6.45, 7) is 0.953. The maximum absolute atomic E-state index is 2.40. The molecule has 0 spiro atoms. The number of hydrogen-bond acceptors (Lipinski definition) is 0. The van der Waals surface area contributed by atoms with Gasteiger partial charge in [0, 0.05) is 16.0 Å². The predicted molar refractivity (Wildman–Crippen MR) is 99.0 cm³/mol. The lowest BCUT2D eigenvalue weighted by Crippen LogP contribution is -1.93. The Morgan fingerprint density at radius 2 is 1.65 bits per heavy atom. The first-order valence-electron chi connectivity index (χ1n) is 5.07. The van der Waals surface area contributed by atoms with E-state index in [9.17, 15) is 0 Å². The molecule has 1 nitrogen and oxygen atoms in total. The van der Waals surface area contributed by atoms with Gasteiger partial charge in [-0.2, -0.15) is 0 Å². The van der Waals surface area contributed by atoms with E-state index in [1.165, 1.54) is 16.3 Å². The molecule has 0 bridgehead atoms.